The number of thioether (sulfide) groups is 1. The van der Waals surface area contributed by atoms with E-state index < -0.39 is 0 Å². The molecule has 0 aromatic heterocycles. The molecule has 0 heterocycles. The van der Waals surface area contributed by atoms with Gasteiger partial charge in [-0.25, -0.2) is 0 Å². The van der Waals surface area contributed by atoms with Crippen LogP contribution in [0.3, 0.4) is 0 Å². The average Bonchev–Trinajstić information content (AvgIpc) is 2.25. The average molecular weight is 236 g/mol. The van der Waals surface area contributed by atoms with Gasteiger partial charge in [0.1, 0.15) is 5.75 Å². The van der Waals surface area contributed by atoms with E-state index in [1.807, 2.05) is 37.3 Å². The molecule has 0 spiro atoms. The number of hydrogen-bond acceptors (Lipinski definition) is 3. The van der Waals surface area contributed by atoms with Crippen LogP contribution in [-0.2, 0) is 4.79 Å². The maximum atomic E-state index is 10.7. The SMILES string of the molecule is COc1ccc(C=CCSC(C)=O)c(C)c1. The summed E-state index contributed by atoms with van der Waals surface area (Å²) in [6, 6.07) is 5.95. The molecule has 0 unspecified atom stereocenters. The monoisotopic (exact) mass is 236 g/mol. The number of aryl methyl sites for hydroxylation is 1. The highest BCUT2D eigenvalue weighted by Crippen LogP contribution is 2.18. The van der Waals surface area contributed by atoms with E-state index in [2.05, 4.69) is 0 Å². The predicted octanol–water partition coefficient (Wildman–Crippen LogP) is 3.30. The molecule has 0 N–H and O–H groups in total. The quantitative estimate of drug-likeness (QED) is 0.802. The molecule has 3 heteroatoms. The maximum Gasteiger partial charge on any atom is 0.186 e. The van der Waals surface area contributed by atoms with Crippen LogP contribution in [0.5, 0.6) is 5.75 Å². The fraction of sp³-hybridized carbons (Fsp3) is 0.308. The summed E-state index contributed by atoms with van der Waals surface area (Å²) < 4.78 is 5.13. The molecule has 0 saturated heterocycles. The lowest BCUT2D eigenvalue weighted by molar-refractivity contribution is -0.109. The second-order valence-corrected chi connectivity index (χ2v) is 4.62. The summed E-state index contributed by atoms with van der Waals surface area (Å²) in [5.41, 5.74) is 2.33. The normalized spacial score (nSPS) is 10.7. The summed E-state index contributed by atoms with van der Waals surface area (Å²) in [5.74, 6) is 1.59. The summed E-state index contributed by atoms with van der Waals surface area (Å²) in [7, 11) is 1.66. The molecule has 0 radical (unpaired) electrons. The maximum absolute atomic E-state index is 10.7. The number of rotatable bonds is 4. The first-order chi connectivity index (χ1) is 7.63. The minimum absolute atomic E-state index is 0.149. The Balaban J connectivity index is 2.63. The van der Waals surface area contributed by atoms with Gasteiger partial charge in [-0.05, 0) is 30.2 Å². The van der Waals surface area contributed by atoms with Gasteiger partial charge < -0.3 is 4.74 Å². The zero-order valence-corrected chi connectivity index (χ0v) is 10.6. The van der Waals surface area contributed by atoms with E-state index >= 15 is 0 Å². The first kappa shape index (κ1) is 12.8. The van der Waals surface area contributed by atoms with E-state index in [0.29, 0.717) is 0 Å². The molecule has 0 amide bonds. The lowest BCUT2D eigenvalue weighted by Gasteiger charge is -2.03. The van der Waals surface area contributed by atoms with Crippen molar-refractivity contribution in [1.29, 1.82) is 0 Å². The minimum Gasteiger partial charge on any atom is -0.497 e. The third kappa shape index (κ3) is 4.11. The molecule has 1 aromatic carbocycles. The Morgan fingerprint density at radius 1 is 1.50 bits per heavy atom. The second kappa shape index (κ2) is 6.38. The van der Waals surface area contributed by atoms with Crippen molar-refractivity contribution >= 4 is 23.0 Å². The summed E-state index contributed by atoms with van der Waals surface area (Å²) in [6.45, 7) is 3.62. The van der Waals surface area contributed by atoms with Crippen LogP contribution in [0.4, 0.5) is 0 Å². The topological polar surface area (TPSA) is 26.3 Å². The Morgan fingerprint density at radius 3 is 2.81 bits per heavy atom. The van der Waals surface area contributed by atoms with Crippen molar-refractivity contribution in [1.82, 2.24) is 0 Å². The summed E-state index contributed by atoms with van der Waals surface area (Å²) in [6.07, 6.45) is 4.03. The molecule has 0 aliphatic rings. The molecule has 2 nitrogen and oxygen atoms in total. The van der Waals surface area contributed by atoms with Crippen LogP contribution in [0.15, 0.2) is 24.3 Å². The Kier molecular flexibility index (Phi) is 5.12. The first-order valence-electron chi connectivity index (χ1n) is 5.08. The van der Waals surface area contributed by atoms with Crippen molar-refractivity contribution in [3.05, 3.63) is 35.4 Å². The zero-order chi connectivity index (χ0) is 12.0. The lowest BCUT2D eigenvalue weighted by Crippen LogP contribution is -1.86. The van der Waals surface area contributed by atoms with E-state index in [1.54, 1.807) is 14.0 Å². The van der Waals surface area contributed by atoms with Crippen LogP contribution in [0.1, 0.15) is 18.1 Å². The van der Waals surface area contributed by atoms with Crippen molar-refractivity contribution in [2.45, 2.75) is 13.8 Å². The van der Waals surface area contributed by atoms with E-state index in [4.69, 9.17) is 4.74 Å². The van der Waals surface area contributed by atoms with Crippen molar-refractivity contribution in [3.8, 4) is 5.75 Å². The number of methoxy groups -OCH3 is 1. The molecule has 0 aliphatic carbocycles. The standard InChI is InChI=1S/C13H16O2S/c1-10-9-13(15-3)7-6-12(10)5-4-8-16-11(2)14/h4-7,9H,8H2,1-3H3. The smallest absolute Gasteiger partial charge is 0.186 e. The number of carbonyl (C=O) groups excluding carboxylic acids is 1. The number of carbonyl (C=O) groups is 1. The molecule has 86 valence electrons. The molecule has 0 saturated carbocycles. The fourth-order valence-electron chi connectivity index (χ4n) is 1.30. The highest BCUT2D eigenvalue weighted by Gasteiger charge is 1.96. The van der Waals surface area contributed by atoms with Crippen LogP contribution in [0.2, 0.25) is 0 Å². The molecule has 0 aliphatic heterocycles. The van der Waals surface area contributed by atoms with Gasteiger partial charge in [-0.2, -0.15) is 0 Å². The van der Waals surface area contributed by atoms with E-state index in [9.17, 15) is 4.79 Å². The molecule has 0 fully saturated rings. The zero-order valence-electron chi connectivity index (χ0n) is 9.82. The molecular formula is C13H16O2S. The van der Waals surface area contributed by atoms with Crippen LogP contribution >= 0.6 is 11.8 Å². The predicted molar refractivity (Wildman–Crippen MR) is 69.9 cm³/mol. The summed E-state index contributed by atoms with van der Waals surface area (Å²) >= 11 is 1.31. The third-order valence-electron chi connectivity index (χ3n) is 2.16. The first-order valence-corrected chi connectivity index (χ1v) is 6.06. The van der Waals surface area contributed by atoms with Gasteiger partial charge in [-0.3, -0.25) is 4.79 Å². The molecular weight excluding hydrogens is 220 g/mol. The molecule has 1 rings (SSSR count). The van der Waals surface area contributed by atoms with Crippen LogP contribution in [-0.4, -0.2) is 18.0 Å². The lowest BCUT2D eigenvalue weighted by atomic mass is 10.1. The van der Waals surface area contributed by atoms with E-state index in [-0.39, 0.29) is 5.12 Å². The van der Waals surface area contributed by atoms with Gasteiger partial charge in [0.2, 0.25) is 0 Å². The third-order valence-corrected chi connectivity index (χ3v) is 2.92. The van der Waals surface area contributed by atoms with Crippen molar-refractivity contribution in [3.63, 3.8) is 0 Å². The molecule has 0 atom stereocenters. The number of hydrogen-bond donors (Lipinski definition) is 0. The van der Waals surface area contributed by atoms with Gasteiger partial charge in [0.15, 0.2) is 5.12 Å². The number of ether oxygens (including phenoxy) is 1. The van der Waals surface area contributed by atoms with Gasteiger partial charge in [0.05, 0.1) is 7.11 Å². The van der Waals surface area contributed by atoms with E-state index in [1.165, 1.54) is 17.3 Å². The Hall–Kier alpha value is -1.22. The Morgan fingerprint density at radius 2 is 2.25 bits per heavy atom. The van der Waals surface area contributed by atoms with E-state index in [0.717, 1.165) is 17.1 Å². The highest BCUT2D eigenvalue weighted by molar-refractivity contribution is 8.13. The van der Waals surface area contributed by atoms with Gasteiger partial charge in [-0.1, -0.05) is 30.0 Å². The largest absolute Gasteiger partial charge is 0.497 e. The van der Waals surface area contributed by atoms with Gasteiger partial charge in [0, 0.05) is 12.7 Å². The fourth-order valence-corrected chi connectivity index (χ4v) is 1.73. The highest BCUT2D eigenvalue weighted by atomic mass is 32.2. The molecule has 16 heavy (non-hydrogen) atoms. The minimum atomic E-state index is 0.149. The van der Waals surface area contributed by atoms with Crippen molar-refractivity contribution in [2.75, 3.05) is 12.9 Å². The van der Waals surface area contributed by atoms with Gasteiger partial charge in [0.25, 0.3) is 0 Å². The second-order valence-electron chi connectivity index (χ2n) is 3.43. The number of benzene rings is 1. The van der Waals surface area contributed by atoms with Crippen LogP contribution < -0.4 is 4.74 Å². The van der Waals surface area contributed by atoms with Crippen molar-refractivity contribution < 1.29 is 9.53 Å². The van der Waals surface area contributed by atoms with Gasteiger partial charge >= 0.3 is 0 Å². The molecule has 0 bridgehead atoms. The van der Waals surface area contributed by atoms with Gasteiger partial charge in [-0.15, -0.1) is 0 Å². The molecule has 1 aromatic rings. The summed E-state index contributed by atoms with van der Waals surface area (Å²) in [4.78, 5) is 10.7. The van der Waals surface area contributed by atoms with Crippen molar-refractivity contribution in [2.24, 2.45) is 0 Å². The Labute approximate surface area is 101 Å². The van der Waals surface area contributed by atoms with Crippen LogP contribution in [0.25, 0.3) is 6.08 Å². The van der Waals surface area contributed by atoms with Crippen LogP contribution in [0, 0.1) is 6.92 Å². The summed E-state index contributed by atoms with van der Waals surface area (Å²) in [5, 5.41) is 0.149. The Bertz CT molecular complexity index is 397.